The van der Waals surface area contributed by atoms with Crippen LogP contribution in [-0.4, -0.2) is 47.0 Å². The smallest absolute Gasteiger partial charge is 0.259 e. The first kappa shape index (κ1) is 17.0. The molecule has 3 aromatic rings. The van der Waals surface area contributed by atoms with Crippen molar-refractivity contribution in [1.82, 2.24) is 14.8 Å². The molecule has 0 aliphatic carbocycles. The number of anilines is 2. The Kier molecular flexibility index (Phi) is 4.37. The number of carbonyl (C=O) groups is 1. The minimum atomic E-state index is -0.134. The standard InChI is InChI=1S/C18H21N5O2S/c1-11-16(12(2)22(3)21-11)17(24)19-13-4-5-14-15(10-13)26-18(20-14)23-6-8-25-9-7-23/h4-5,10H,6-9H2,1-3H3,(H,19,24). The summed E-state index contributed by atoms with van der Waals surface area (Å²) in [4.78, 5) is 19.6. The van der Waals surface area contributed by atoms with E-state index in [1.54, 1.807) is 16.0 Å². The molecule has 136 valence electrons. The van der Waals surface area contributed by atoms with Crippen LogP contribution >= 0.6 is 11.3 Å². The summed E-state index contributed by atoms with van der Waals surface area (Å²) in [5.41, 5.74) is 3.93. The van der Waals surface area contributed by atoms with Crippen molar-refractivity contribution in [3.8, 4) is 0 Å². The van der Waals surface area contributed by atoms with Crippen LogP contribution < -0.4 is 10.2 Å². The van der Waals surface area contributed by atoms with Crippen molar-refractivity contribution in [1.29, 1.82) is 0 Å². The lowest BCUT2D eigenvalue weighted by molar-refractivity contribution is 0.102. The number of hydrogen-bond acceptors (Lipinski definition) is 6. The fourth-order valence-electron chi connectivity index (χ4n) is 3.18. The Bertz CT molecular complexity index is 972. The first-order chi connectivity index (χ1) is 12.5. The van der Waals surface area contributed by atoms with Crippen LogP contribution in [0, 0.1) is 13.8 Å². The molecule has 7 nitrogen and oxygen atoms in total. The van der Waals surface area contributed by atoms with Crippen molar-refractivity contribution < 1.29 is 9.53 Å². The Morgan fingerprint density at radius 3 is 2.73 bits per heavy atom. The maximum Gasteiger partial charge on any atom is 0.259 e. The predicted octanol–water partition coefficient (Wildman–Crippen LogP) is 2.74. The number of ether oxygens (including phenoxy) is 1. The lowest BCUT2D eigenvalue weighted by Gasteiger charge is -2.25. The fourth-order valence-corrected chi connectivity index (χ4v) is 4.23. The number of aryl methyl sites for hydroxylation is 2. The highest BCUT2D eigenvalue weighted by Gasteiger charge is 2.19. The molecule has 1 amide bonds. The molecule has 1 N–H and O–H groups in total. The SMILES string of the molecule is Cc1nn(C)c(C)c1C(=O)Nc1ccc2nc(N3CCOCC3)sc2c1. The second-order valence-corrected chi connectivity index (χ2v) is 7.41. The Morgan fingerprint density at radius 2 is 2.04 bits per heavy atom. The third kappa shape index (κ3) is 3.06. The van der Waals surface area contributed by atoms with E-state index in [2.05, 4.69) is 15.3 Å². The zero-order valence-electron chi connectivity index (χ0n) is 15.1. The summed E-state index contributed by atoms with van der Waals surface area (Å²) >= 11 is 1.64. The molecule has 0 bridgehead atoms. The summed E-state index contributed by atoms with van der Waals surface area (Å²) in [7, 11) is 1.84. The summed E-state index contributed by atoms with van der Waals surface area (Å²) in [6, 6.07) is 5.83. The second kappa shape index (κ2) is 6.69. The molecule has 26 heavy (non-hydrogen) atoms. The molecule has 3 heterocycles. The lowest BCUT2D eigenvalue weighted by Crippen LogP contribution is -2.36. The van der Waals surface area contributed by atoms with Gasteiger partial charge in [0.25, 0.3) is 5.91 Å². The largest absolute Gasteiger partial charge is 0.378 e. The van der Waals surface area contributed by atoms with Gasteiger partial charge in [-0.1, -0.05) is 11.3 Å². The van der Waals surface area contributed by atoms with Crippen molar-refractivity contribution in [2.75, 3.05) is 36.5 Å². The normalized spacial score (nSPS) is 14.8. The van der Waals surface area contributed by atoms with Gasteiger partial charge < -0.3 is 15.0 Å². The van der Waals surface area contributed by atoms with E-state index >= 15 is 0 Å². The van der Waals surface area contributed by atoms with Gasteiger partial charge in [0.1, 0.15) is 0 Å². The molecule has 1 aromatic carbocycles. The van der Waals surface area contributed by atoms with Gasteiger partial charge in [0.2, 0.25) is 0 Å². The molecule has 2 aromatic heterocycles. The number of nitrogens with zero attached hydrogens (tertiary/aromatic N) is 4. The molecule has 0 spiro atoms. The zero-order chi connectivity index (χ0) is 18.3. The van der Waals surface area contributed by atoms with Gasteiger partial charge in [0.05, 0.1) is 34.7 Å². The molecule has 0 atom stereocenters. The van der Waals surface area contributed by atoms with Gasteiger partial charge in [-0.2, -0.15) is 5.10 Å². The fraction of sp³-hybridized carbons (Fsp3) is 0.389. The van der Waals surface area contributed by atoms with Crippen LogP contribution in [0.5, 0.6) is 0 Å². The van der Waals surface area contributed by atoms with Gasteiger partial charge in [-0.05, 0) is 32.0 Å². The maximum absolute atomic E-state index is 12.7. The average Bonchev–Trinajstić information content (AvgIpc) is 3.16. The Balaban J connectivity index is 1.58. The first-order valence-corrected chi connectivity index (χ1v) is 9.39. The topological polar surface area (TPSA) is 72.3 Å². The first-order valence-electron chi connectivity index (χ1n) is 8.58. The molecule has 1 aliphatic rings. The number of hydrogen-bond donors (Lipinski definition) is 1. The number of carbonyl (C=O) groups excluding carboxylic acids is 1. The highest BCUT2D eigenvalue weighted by molar-refractivity contribution is 7.22. The predicted molar refractivity (Wildman–Crippen MR) is 103 cm³/mol. The quantitative estimate of drug-likeness (QED) is 0.766. The Labute approximate surface area is 155 Å². The molecule has 8 heteroatoms. The second-order valence-electron chi connectivity index (χ2n) is 6.40. The van der Waals surface area contributed by atoms with Crippen molar-refractivity contribution in [3.63, 3.8) is 0 Å². The Hall–Kier alpha value is -2.45. The van der Waals surface area contributed by atoms with Crippen LogP contribution in [0.4, 0.5) is 10.8 Å². The lowest BCUT2D eigenvalue weighted by atomic mass is 10.2. The Morgan fingerprint density at radius 1 is 1.27 bits per heavy atom. The van der Waals surface area contributed by atoms with Crippen LogP contribution in [0.25, 0.3) is 10.2 Å². The van der Waals surface area contributed by atoms with Gasteiger partial charge in [-0.15, -0.1) is 0 Å². The molecule has 4 rings (SSSR count). The van der Waals surface area contributed by atoms with Gasteiger partial charge in [-0.25, -0.2) is 4.98 Å². The van der Waals surface area contributed by atoms with E-state index in [0.29, 0.717) is 5.56 Å². The summed E-state index contributed by atoms with van der Waals surface area (Å²) in [5.74, 6) is -0.134. The number of benzene rings is 1. The molecular formula is C18H21N5O2S. The number of aromatic nitrogens is 3. The number of morpholine rings is 1. The monoisotopic (exact) mass is 371 g/mol. The number of rotatable bonds is 3. The van der Waals surface area contributed by atoms with Crippen molar-refractivity contribution in [3.05, 3.63) is 35.2 Å². The van der Waals surface area contributed by atoms with Crippen molar-refractivity contribution in [2.45, 2.75) is 13.8 Å². The summed E-state index contributed by atoms with van der Waals surface area (Å²) in [6.07, 6.45) is 0. The van der Waals surface area contributed by atoms with E-state index in [-0.39, 0.29) is 5.91 Å². The van der Waals surface area contributed by atoms with Gasteiger partial charge in [0.15, 0.2) is 5.13 Å². The molecule has 1 aliphatic heterocycles. The van der Waals surface area contributed by atoms with E-state index in [0.717, 1.165) is 58.7 Å². The van der Waals surface area contributed by atoms with E-state index in [4.69, 9.17) is 9.72 Å². The third-order valence-electron chi connectivity index (χ3n) is 4.65. The van der Waals surface area contributed by atoms with E-state index in [9.17, 15) is 4.79 Å². The van der Waals surface area contributed by atoms with Gasteiger partial charge >= 0.3 is 0 Å². The van der Waals surface area contributed by atoms with Crippen LogP contribution in [0.15, 0.2) is 18.2 Å². The minimum absolute atomic E-state index is 0.134. The summed E-state index contributed by atoms with van der Waals surface area (Å²) < 4.78 is 8.19. The molecular weight excluding hydrogens is 350 g/mol. The highest BCUT2D eigenvalue weighted by Crippen LogP contribution is 2.31. The molecule has 0 radical (unpaired) electrons. The van der Waals surface area contributed by atoms with Gasteiger partial charge in [-0.3, -0.25) is 9.48 Å². The van der Waals surface area contributed by atoms with Crippen molar-refractivity contribution in [2.24, 2.45) is 7.05 Å². The summed E-state index contributed by atoms with van der Waals surface area (Å²) in [5, 5.41) is 8.30. The average molecular weight is 371 g/mol. The van der Waals surface area contributed by atoms with Crippen molar-refractivity contribution >= 4 is 38.3 Å². The number of amides is 1. The van der Waals surface area contributed by atoms with Gasteiger partial charge in [0, 0.05) is 31.5 Å². The van der Waals surface area contributed by atoms with Crippen LogP contribution in [0.1, 0.15) is 21.7 Å². The van der Waals surface area contributed by atoms with Crippen LogP contribution in [-0.2, 0) is 11.8 Å². The number of fused-ring (bicyclic) bond motifs is 1. The molecule has 1 saturated heterocycles. The molecule has 0 saturated carbocycles. The zero-order valence-corrected chi connectivity index (χ0v) is 15.9. The van der Waals surface area contributed by atoms with E-state index in [1.807, 2.05) is 39.1 Å². The summed E-state index contributed by atoms with van der Waals surface area (Å²) in [6.45, 7) is 6.95. The van der Waals surface area contributed by atoms with Crippen LogP contribution in [0.3, 0.4) is 0 Å². The van der Waals surface area contributed by atoms with E-state index < -0.39 is 0 Å². The maximum atomic E-state index is 12.7. The molecule has 0 unspecified atom stereocenters. The number of thiazole rings is 1. The third-order valence-corrected chi connectivity index (χ3v) is 5.73. The highest BCUT2D eigenvalue weighted by atomic mass is 32.1. The number of nitrogens with one attached hydrogen (secondary N) is 1. The van der Waals surface area contributed by atoms with E-state index in [1.165, 1.54) is 0 Å². The molecule has 1 fully saturated rings. The van der Waals surface area contributed by atoms with Crippen LogP contribution in [0.2, 0.25) is 0 Å². The minimum Gasteiger partial charge on any atom is -0.378 e.